The van der Waals surface area contributed by atoms with Gasteiger partial charge in [0.15, 0.2) is 0 Å². The smallest absolute Gasteiger partial charge is 0.307 e. The molecule has 2 N–H and O–H groups in total. The molecule has 2 amide bonds. The number of hydrogen-bond donors (Lipinski definition) is 2. The molecule has 3 aromatic rings. The number of nitrogens with zero attached hydrogens (tertiary/aromatic N) is 1. The van der Waals surface area contributed by atoms with E-state index in [0.29, 0.717) is 10.7 Å². The number of halogens is 1. The lowest BCUT2D eigenvalue weighted by atomic mass is 10.1. The second kappa shape index (κ2) is 6.94. The molecule has 0 aliphatic carbocycles. The van der Waals surface area contributed by atoms with Crippen LogP contribution in [0.5, 0.6) is 0 Å². The predicted octanol–water partition coefficient (Wildman–Crippen LogP) is 4.65. The highest BCUT2D eigenvalue weighted by atomic mass is 35.5. The summed E-state index contributed by atoms with van der Waals surface area (Å²) >= 11 is 5.80. The molecule has 0 aliphatic rings. The van der Waals surface area contributed by atoms with Crippen molar-refractivity contribution in [3.63, 3.8) is 0 Å². The third-order valence-corrected chi connectivity index (χ3v) is 3.55. The van der Waals surface area contributed by atoms with Crippen molar-refractivity contribution in [1.82, 2.24) is 5.43 Å². The van der Waals surface area contributed by atoms with Gasteiger partial charge in [-0.2, -0.15) is 5.10 Å². The van der Waals surface area contributed by atoms with Crippen molar-refractivity contribution in [2.45, 2.75) is 0 Å². The molecule has 0 saturated carbocycles. The zero-order valence-electron chi connectivity index (χ0n) is 12.2. The Morgan fingerprint density at radius 1 is 0.957 bits per heavy atom. The molecule has 23 heavy (non-hydrogen) atoms. The summed E-state index contributed by atoms with van der Waals surface area (Å²) in [6, 6.07) is 20.4. The number of fused-ring (bicyclic) bond motifs is 1. The number of hydrogen-bond acceptors (Lipinski definition) is 2. The van der Waals surface area contributed by atoms with Gasteiger partial charge in [0.25, 0.3) is 0 Å². The van der Waals surface area contributed by atoms with E-state index in [4.69, 9.17) is 11.6 Å². The SMILES string of the molecule is O=C(N/N=C/c1cccc2ccccc12)Nc1ccc(Cl)cc1. The van der Waals surface area contributed by atoms with Crippen molar-refractivity contribution in [3.8, 4) is 0 Å². The van der Waals surface area contributed by atoms with Gasteiger partial charge in [0.1, 0.15) is 0 Å². The molecule has 0 radical (unpaired) electrons. The van der Waals surface area contributed by atoms with Crippen LogP contribution in [0.25, 0.3) is 10.8 Å². The fourth-order valence-corrected chi connectivity index (χ4v) is 2.34. The second-order valence-corrected chi connectivity index (χ2v) is 5.34. The van der Waals surface area contributed by atoms with E-state index >= 15 is 0 Å². The summed E-state index contributed by atoms with van der Waals surface area (Å²) in [5.41, 5.74) is 4.03. The maximum Gasteiger partial charge on any atom is 0.339 e. The minimum absolute atomic E-state index is 0.413. The maximum atomic E-state index is 11.8. The lowest BCUT2D eigenvalue weighted by molar-refractivity contribution is 0.252. The molecule has 4 nitrogen and oxygen atoms in total. The van der Waals surface area contributed by atoms with Gasteiger partial charge in [0, 0.05) is 16.3 Å². The number of carbonyl (C=O) groups is 1. The van der Waals surface area contributed by atoms with Crippen LogP contribution >= 0.6 is 11.6 Å². The summed E-state index contributed by atoms with van der Waals surface area (Å²) in [7, 11) is 0. The zero-order valence-corrected chi connectivity index (χ0v) is 12.9. The third-order valence-electron chi connectivity index (χ3n) is 3.30. The van der Waals surface area contributed by atoms with E-state index in [1.54, 1.807) is 30.5 Å². The minimum atomic E-state index is -0.413. The topological polar surface area (TPSA) is 53.5 Å². The molecule has 114 valence electrons. The number of urea groups is 1. The van der Waals surface area contributed by atoms with Crippen LogP contribution in [0.4, 0.5) is 10.5 Å². The first-order valence-corrected chi connectivity index (χ1v) is 7.43. The van der Waals surface area contributed by atoms with Crippen molar-refractivity contribution >= 4 is 40.3 Å². The van der Waals surface area contributed by atoms with E-state index < -0.39 is 6.03 Å². The molecule has 0 bridgehead atoms. The molecule has 3 aromatic carbocycles. The van der Waals surface area contributed by atoms with Crippen LogP contribution in [0.2, 0.25) is 5.02 Å². The largest absolute Gasteiger partial charge is 0.339 e. The van der Waals surface area contributed by atoms with Crippen LogP contribution < -0.4 is 10.7 Å². The Morgan fingerprint density at radius 2 is 1.70 bits per heavy atom. The summed E-state index contributed by atoms with van der Waals surface area (Å²) in [6.45, 7) is 0. The molecule has 0 fully saturated rings. The molecule has 0 aliphatic heterocycles. The lowest BCUT2D eigenvalue weighted by Crippen LogP contribution is -2.24. The van der Waals surface area contributed by atoms with Crippen molar-refractivity contribution in [2.75, 3.05) is 5.32 Å². The Balaban J connectivity index is 1.66. The highest BCUT2D eigenvalue weighted by Crippen LogP contribution is 2.16. The monoisotopic (exact) mass is 323 g/mol. The minimum Gasteiger partial charge on any atom is -0.307 e. The fourth-order valence-electron chi connectivity index (χ4n) is 2.22. The molecular weight excluding hydrogens is 310 g/mol. The highest BCUT2D eigenvalue weighted by Gasteiger charge is 2.00. The van der Waals surface area contributed by atoms with Gasteiger partial charge in [-0.05, 0) is 35.0 Å². The van der Waals surface area contributed by atoms with Crippen molar-refractivity contribution in [1.29, 1.82) is 0 Å². The van der Waals surface area contributed by atoms with Gasteiger partial charge in [-0.3, -0.25) is 0 Å². The molecule has 0 unspecified atom stereocenters. The van der Waals surface area contributed by atoms with E-state index in [0.717, 1.165) is 16.3 Å². The number of nitrogens with one attached hydrogen (secondary N) is 2. The number of benzene rings is 3. The molecule has 3 rings (SSSR count). The first kappa shape index (κ1) is 15.1. The number of amides is 2. The standard InChI is InChI=1S/C18H14ClN3O/c19-15-8-10-16(11-9-15)21-18(23)22-20-12-14-6-3-5-13-4-1-2-7-17(13)14/h1-12H,(H2,21,22,23)/b20-12+. The van der Waals surface area contributed by atoms with Crippen LogP contribution in [0.1, 0.15) is 5.56 Å². The Labute approximate surface area is 138 Å². The second-order valence-electron chi connectivity index (χ2n) is 4.90. The van der Waals surface area contributed by atoms with E-state index in [9.17, 15) is 4.79 Å². The van der Waals surface area contributed by atoms with Crippen LogP contribution in [-0.2, 0) is 0 Å². The normalized spacial score (nSPS) is 10.8. The molecule has 0 atom stereocenters. The third kappa shape index (κ3) is 3.87. The van der Waals surface area contributed by atoms with Gasteiger partial charge >= 0.3 is 6.03 Å². The van der Waals surface area contributed by atoms with E-state index in [1.807, 2.05) is 42.5 Å². The summed E-state index contributed by atoms with van der Waals surface area (Å²) < 4.78 is 0. The first-order chi connectivity index (χ1) is 11.2. The van der Waals surface area contributed by atoms with Gasteiger partial charge in [-0.25, -0.2) is 10.2 Å². The number of anilines is 1. The lowest BCUT2D eigenvalue weighted by Gasteiger charge is -2.04. The average molecular weight is 324 g/mol. The Kier molecular flexibility index (Phi) is 4.54. The van der Waals surface area contributed by atoms with E-state index in [1.165, 1.54) is 0 Å². The number of rotatable bonds is 3. The van der Waals surface area contributed by atoms with Gasteiger partial charge in [0.05, 0.1) is 6.21 Å². The van der Waals surface area contributed by atoms with Crippen LogP contribution in [0.15, 0.2) is 71.8 Å². The summed E-state index contributed by atoms with van der Waals surface area (Å²) in [5, 5.41) is 9.49. The molecule has 5 heteroatoms. The number of hydrazone groups is 1. The van der Waals surface area contributed by atoms with Crippen molar-refractivity contribution in [3.05, 3.63) is 77.3 Å². The average Bonchev–Trinajstić information content (AvgIpc) is 2.57. The summed E-state index contributed by atoms with van der Waals surface area (Å²) in [5.74, 6) is 0. The Morgan fingerprint density at radius 3 is 2.52 bits per heavy atom. The molecule has 0 aromatic heterocycles. The van der Waals surface area contributed by atoms with Gasteiger partial charge < -0.3 is 5.32 Å². The van der Waals surface area contributed by atoms with Gasteiger partial charge in [-0.15, -0.1) is 0 Å². The molecular formula is C18H14ClN3O. The van der Waals surface area contributed by atoms with Crippen molar-refractivity contribution in [2.24, 2.45) is 5.10 Å². The van der Waals surface area contributed by atoms with Gasteiger partial charge in [0.2, 0.25) is 0 Å². The highest BCUT2D eigenvalue weighted by molar-refractivity contribution is 6.30. The quantitative estimate of drug-likeness (QED) is 0.535. The predicted molar refractivity (Wildman–Crippen MR) is 95.1 cm³/mol. The summed E-state index contributed by atoms with van der Waals surface area (Å²) in [6.07, 6.45) is 1.63. The molecule has 0 saturated heterocycles. The van der Waals surface area contributed by atoms with Gasteiger partial charge in [-0.1, -0.05) is 54.1 Å². The Hall–Kier alpha value is -2.85. The molecule has 0 heterocycles. The van der Waals surface area contributed by atoms with Crippen LogP contribution in [-0.4, -0.2) is 12.2 Å². The molecule has 0 spiro atoms. The maximum absolute atomic E-state index is 11.8. The number of carbonyl (C=O) groups excluding carboxylic acids is 1. The Bertz CT molecular complexity index is 854. The zero-order chi connectivity index (χ0) is 16.1. The van der Waals surface area contributed by atoms with E-state index in [-0.39, 0.29) is 0 Å². The van der Waals surface area contributed by atoms with Crippen LogP contribution in [0.3, 0.4) is 0 Å². The first-order valence-electron chi connectivity index (χ1n) is 7.06. The summed E-state index contributed by atoms with van der Waals surface area (Å²) in [4.78, 5) is 11.8. The van der Waals surface area contributed by atoms with E-state index in [2.05, 4.69) is 15.8 Å². The van der Waals surface area contributed by atoms with Crippen molar-refractivity contribution < 1.29 is 4.79 Å². The fraction of sp³-hybridized carbons (Fsp3) is 0. The van der Waals surface area contributed by atoms with Crippen LogP contribution in [0, 0.1) is 0 Å².